The molecule has 0 amide bonds. The van der Waals surface area contributed by atoms with Gasteiger partial charge in [-0.25, -0.2) is 0 Å². The van der Waals surface area contributed by atoms with Gasteiger partial charge in [0.2, 0.25) is 0 Å². The molecule has 4 aliphatic rings. The zero-order valence-corrected chi connectivity index (χ0v) is 13.6. The van der Waals surface area contributed by atoms with Crippen LogP contribution in [0.4, 0.5) is 0 Å². The van der Waals surface area contributed by atoms with Gasteiger partial charge in [-0.1, -0.05) is 13.8 Å². The van der Waals surface area contributed by atoms with E-state index in [4.69, 9.17) is 4.74 Å². The molecular formula is C18H20O5. The molecule has 7 atom stereocenters. The van der Waals surface area contributed by atoms with Crippen LogP contribution < -0.4 is 0 Å². The van der Waals surface area contributed by atoms with Gasteiger partial charge in [-0.05, 0) is 37.1 Å². The molecule has 0 spiro atoms. The predicted octanol–water partition coefficient (Wildman–Crippen LogP) is 1.21. The van der Waals surface area contributed by atoms with E-state index < -0.39 is 40.8 Å². The molecule has 2 fully saturated rings. The van der Waals surface area contributed by atoms with Gasteiger partial charge in [-0.15, -0.1) is 0 Å². The highest BCUT2D eigenvalue weighted by Crippen LogP contribution is 2.64. The molecule has 0 aromatic heterocycles. The van der Waals surface area contributed by atoms with Crippen LogP contribution in [0, 0.1) is 28.6 Å². The number of fused-ring (bicyclic) bond motifs is 6. The quantitative estimate of drug-likeness (QED) is 0.679. The van der Waals surface area contributed by atoms with E-state index in [9.17, 15) is 19.5 Å². The molecule has 23 heavy (non-hydrogen) atoms. The van der Waals surface area contributed by atoms with Crippen molar-refractivity contribution in [1.82, 2.24) is 0 Å². The normalized spacial score (nSPS) is 51.0. The van der Waals surface area contributed by atoms with Gasteiger partial charge in [0.1, 0.15) is 6.10 Å². The second-order valence-corrected chi connectivity index (χ2v) is 7.81. The van der Waals surface area contributed by atoms with E-state index in [1.165, 1.54) is 6.08 Å². The summed E-state index contributed by atoms with van der Waals surface area (Å²) < 4.78 is 5.38. The van der Waals surface area contributed by atoms with Crippen molar-refractivity contribution >= 4 is 17.5 Å². The van der Waals surface area contributed by atoms with Crippen molar-refractivity contribution in [3.63, 3.8) is 0 Å². The maximum absolute atomic E-state index is 13.0. The molecule has 5 heteroatoms. The van der Waals surface area contributed by atoms with Crippen LogP contribution in [-0.4, -0.2) is 34.9 Å². The number of aliphatic hydroxyl groups excluding tert-OH is 1. The molecular weight excluding hydrogens is 296 g/mol. The molecule has 1 N–H and O–H groups in total. The minimum absolute atomic E-state index is 0.106. The molecule has 0 aromatic rings. The first-order chi connectivity index (χ1) is 10.6. The van der Waals surface area contributed by atoms with Crippen LogP contribution in [0.25, 0.3) is 0 Å². The second kappa shape index (κ2) is 4.01. The second-order valence-electron chi connectivity index (χ2n) is 7.81. The first-order valence-corrected chi connectivity index (χ1v) is 8.03. The Balaban J connectivity index is 2.00. The van der Waals surface area contributed by atoms with Gasteiger partial charge in [0.15, 0.2) is 11.6 Å². The molecule has 1 aliphatic heterocycles. The fraction of sp³-hybridized carbons (Fsp3) is 0.611. The summed E-state index contributed by atoms with van der Waals surface area (Å²) in [4.78, 5) is 38.1. The zero-order chi connectivity index (χ0) is 16.9. The van der Waals surface area contributed by atoms with Crippen LogP contribution in [0.5, 0.6) is 0 Å². The van der Waals surface area contributed by atoms with Gasteiger partial charge in [0, 0.05) is 11.8 Å². The molecule has 2 bridgehead atoms. The Hall–Kier alpha value is -1.75. The summed E-state index contributed by atoms with van der Waals surface area (Å²) >= 11 is 0. The lowest BCUT2D eigenvalue weighted by Crippen LogP contribution is -2.64. The van der Waals surface area contributed by atoms with E-state index in [1.807, 2.05) is 6.92 Å². The fourth-order valence-corrected chi connectivity index (χ4v) is 5.71. The van der Waals surface area contributed by atoms with Gasteiger partial charge < -0.3 is 9.84 Å². The summed E-state index contributed by atoms with van der Waals surface area (Å²) in [5.74, 6) is -2.24. The lowest BCUT2D eigenvalue weighted by Gasteiger charge is -2.55. The summed E-state index contributed by atoms with van der Waals surface area (Å²) in [5, 5.41) is 10.9. The Labute approximate surface area is 134 Å². The van der Waals surface area contributed by atoms with Crippen molar-refractivity contribution in [1.29, 1.82) is 0 Å². The minimum Gasteiger partial charge on any atom is -0.459 e. The van der Waals surface area contributed by atoms with Crippen molar-refractivity contribution in [3.8, 4) is 0 Å². The van der Waals surface area contributed by atoms with Crippen molar-refractivity contribution in [2.24, 2.45) is 28.6 Å². The lowest BCUT2D eigenvalue weighted by molar-refractivity contribution is -0.165. The van der Waals surface area contributed by atoms with Gasteiger partial charge in [-0.2, -0.15) is 0 Å². The highest BCUT2D eigenvalue weighted by Gasteiger charge is 2.73. The first kappa shape index (κ1) is 14.8. The van der Waals surface area contributed by atoms with Gasteiger partial charge in [0.25, 0.3) is 0 Å². The Bertz CT molecular complexity index is 732. The molecule has 0 radical (unpaired) electrons. The maximum Gasteiger partial charge on any atom is 0.310 e. The van der Waals surface area contributed by atoms with E-state index in [1.54, 1.807) is 26.8 Å². The largest absolute Gasteiger partial charge is 0.459 e. The summed E-state index contributed by atoms with van der Waals surface area (Å²) in [7, 11) is 0. The van der Waals surface area contributed by atoms with Crippen molar-refractivity contribution < 1.29 is 24.2 Å². The molecule has 1 heterocycles. The van der Waals surface area contributed by atoms with Gasteiger partial charge >= 0.3 is 5.97 Å². The summed E-state index contributed by atoms with van der Waals surface area (Å²) in [6, 6.07) is 0. The third kappa shape index (κ3) is 1.37. The number of hydrogen-bond donors (Lipinski definition) is 1. The van der Waals surface area contributed by atoms with E-state index in [0.29, 0.717) is 5.57 Å². The van der Waals surface area contributed by atoms with Crippen LogP contribution in [0.3, 0.4) is 0 Å². The van der Waals surface area contributed by atoms with E-state index >= 15 is 0 Å². The predicted molar refractivity (Wildman–Crippen MR) is 80.1 cm³/mol. The average molecular weight is 316 g/mol. The summed E-state index contributed by atoms with van der Waals surface area (Å²) in [6.07, 6.45) is 1.38. The molecule has 5 nitrogen and oxygen atoms in total. The molecule has 1 saturated heterocycles. The van der Waals surface area contributed by atoms with Crippen LogP contribution in [-0.2, 0) is 19.1 Å². The lowest BCUT2D eigenvalue weighted by atomic mass is 9.45. The van der Waals surface area contributed by atoms with Crippen LogP contribution in [0.1, 0.15) is 27.7 Å². The fourth-order valence-electron chi connectivity index (χ4n) is 5.71. The molecule has 1 saturated carbocycles. The number of carbonyl (C=O) groups excluding carboxylic acids is 3. The smallest absolute Gasteiger partial charge is 0.310 e. The van der Waals surface area contributed by atoms with E-state index in [2.05, 4.69) is 0 Å². The summed E-state index contributed by atoms with van der Waals surface area (Å²) in [6.45, 7) is 7.14. The third-order valence-electron chi connectivity index (χ3n) is 6.79. The topological polar surface area (TPSA) is 80.7 Å². The number of esters is 1. The number of aliphatic hydroxyl groups is 1. The van der Waals surface area contributed by atoms with E-state index in [-0.39, 0.29) is 17.5 Å². The van der Waals surface area contributed by atoms with Crippen LogP contribution >= 0.6 is 0 Å². The SMILES string of the molecule is CC1=CC(=O)[C@@]2(C)C1=CC(=O)[C@]1(C)[C@@H]2[C@@H](O)[C@@H]2OC(=O)[C@H]1[C@H]2C. The van der Waals surface area contributed by atoms with Gasteiger partial charge in [0.05, 0.1) is 22.9 Å². The molecule has 3 aliphatic carbocycles. The van der Waals surface area contributed by atoms with Crippen molar-refractivity contribution in [2.45, 2.75) is 39.9 Å². The number of hydrogen-bond acceptors (Lipinski definition) is 5. The number of allylic oxidation sites excluding steroid dienone is 4. The van der Waals surface area contributed by atoms with E-state index in [0.717, 1.165) is 5.57 Å². The zero-order valence-electron chi connectivity index (χ0n) is 13.6. The number of rotatable bonds is 0. The average Bonchev–Trinajstić information content (AvgIpc) is 2.83. The number of ether oxygens (including phenoxy) is 1. The third-order valence-corrected chi connectivity index (χ3v) is 6.79. The number of carbonyl (C=O) groups is 3. The molecule has 4 rings (SSSR count). The molecule has 0 aromatic carbocycles. The number of ketones is 2. The highest BCUT2D eigenvalue weighted by atomic mass is 16.6. The molecule has 122 valence electrons. The first-order valence-electron chi connectivity index (χ1n) is 8.03. The minimum atomic E-state index is -1.12. The van der Waals surface area contributed by atoms with Crippen LogP contribution in [0.15, 0.2) is 23.3 Å². The highest BCUT2D eigenvalue weighted by molar-refractivity contribution is 6.10. The maximum atomic E-state index is 13.0. The summed E-state index contributed by atoms with van der Waals surface area (Å²) in [5.41, 5.74) is -0.653. The van der Waals surface area contributed by atoms with Crippen LogP contribution in [0.2, 0.25) is 0 Å². The molecule has 0 unspecified atom stereocenters. The van der Waals surface area contributed by atoms with Crippen molar-refractivity contribution in [3.05, 3.63) is 23.3 Å². The Morgan fingerprint density at radius 1 is 1.13 bits per heavy atom. The Kier molecular flexibility index (Phi) is 2.58. The Morgan fingerprint density at radius 2 is 1.78 bits per heavy atom. The monoisotopic (exact) mass is 316 g/mol. The van der Waals surface area contributed by atoms with Gasteiger partial charge in [-0.3, -0.25) is 14.4 Å². The van der Waals surface area contributed by atoms with Crippen molar-refractivity contribution in [2.75, 3.05) is 0 Å². The Morgan fingerprint density at radius 3 is 2.43 bits per heavy atom. The standard InChI is InChI=1S/C18H20O5/c1-7-5-10(19)17(3)9(7)6-11(20)18(4)12-8(2)14(23-16(12)22)13(21)15(17)18/h5-6,8,12-15,21H,1-4H3/t8-,12-,13+,14-,15-,17-,18+/m1/s1.